The molecule has 1 atom stereocenters. The van der Waals surface area contributed by atoms with E-state index in [1.807, 2.05) is 43.0 Å². The van der Waals surface area contributed by atoms with Crippen LogP contribution < -0.4 is 11.1 Å². The van der Waals surface area contributed by atoms with Crippen LogP contribution in [0.1, 0.15) is 46.4 Å². The van der Waals surface area contributed by atoms with Crippen LogP contribution in [-0.4, -0.2) is 63.8 Å². The molecule has 2 aromatic rings. The first-order valence-corrected chi connectivity index (χ1v) is 11.6. The molecule has 3 rings (SSSR count). The smallest absolute Gasteiger partial charge is 0.240 e. The quantitative estimate of drug-likeness (QED) is 0.621. The lowest BCUT2D eigenvalue weighted by atomic mass is 10.0. The molecule has 8 nitrogen and oxygen atoms in total. The predicted octanol–water partition coefficient (Wildman–Crippen LogP) is 2.63. The summed E-state index contributed by atoms with van der Waals surface area (Å²) in [5, 5.41) is 4.11. The van der Waals surface area contributed by atoms with Crippen molar-refractivity contribution in [1.29, 1.82) is 0 Å². The van der Waals surface area contributed by atoms with E-state index in [0.717, 1.165) is 43.5 Å². The van der Waals surface area contributed by atoms with Gasteiger partial charge >= 0.3 is 0 Å². The molecule has 0 bridgehead atoms. The highest BCUT2D eigenvalue weighted by Crippen LogP contribution is 2.23. The Morgan fingerprint density at radius 1 is 1.06 bits per heavy atom. The second kappa shape index (κ2) is 10.7. The third kappa shape index (κ3) is 6.16. The SMILES string of the molecule is CC(C)CCC(=O)N1CCN(Cc2nc(N[C@H](C(N)=O)C(C)C)c3ccccc3n2)CC1. The van der Waals surface area contributed by atoms with Gasteiger partial charge in [0.1, 0.15) is 17.7 Å². The molecule has 2 amide bonds. The van der Waals surface area contributed by atoms with E-state index in [1.54, 1.807) is 0 Å². The standard InChI is InChI=1S/C24H36N6O2/c1-16(2)9-10-21(31)30-13-11-29(12-14-30)15-20-26-19-8-6-5-7-18(19)24(27-20)28-22(17(3)4)23(25)32/h5-8,16-17,22H,9-15H2,1-4H3,(H2,25,32)(H,26,27,28)/t22-/m0/s1. The van der Waals surface area contributed by atoms with Gasteiger partial charge in [-0.2, -0.15) is 0 Å². The molecule has 0 spiro atoms. The largest absolute Gasteiger partial charge is 0.368 e. The fourth-order valence-corrected chi connectivity index (χ4v) is 3.94. The number of hydrogen-bond acceptors (Lipinski definition) is 6. The first-order valence-electron chi connectivity index (χ1n) is 11.6. The number of carbonyl (C=O) groups is 2. The van der Waals surface area contributed by atoms with Crippen molar-refractivity contribution in [3.8, 4) is 0 Å². The van der Waals surface area contributed by atoms with Gasteiger partial charge in [-0.15, -0.1) is 0 Å². The summed E-state index contributed by atoms with van der Waals surface area (Å²) >= 11 is 0. The monoisotopic (exact) mass is 440 g/mol. The van der Waals surface area contributed by atoms with Crippen molar-refractivity contribution in [3.63, 3.8) is 0 Å². The zero-order valence-electron chi connectivity index (χ0n) is 19.7. The second-order valence-electron chi connectivity index (χ2n) is 9.36. The third-order valence-corrected chi connectivity index (χ3v) is 5.94. The van der Waals surface area contributed by atoms with Gasteiger partial charge in [0.15, 0.2) is 0 Å². The van der Waals surface area contributed by atoms with Gasteiger partial charge in [0.25, 0.3) is 0 Å². The van der Waals surface area contributed by atoms with E-state index in [9.17, 15) is 9.59 Å². The molecule has 0 unspecified atom stereocenters. The fourth-order valence-electron chi connectivity index (χ4n) is 3.94. The molecule has 1 fully saturated rings. The number of nitrogens with one attached hydrogen (secondary N) is 1. The van der Waals surface area contributed by atoms with Crippen LogP contribution in [0, 0.1) is 11.8 Å². The Morgan fingerprint density at radius 2 is 1.75 bits per heavy atom. The highest BCUT2D eigenvalue weighted by Gasteiger charge is 2.24. The number of anilines is 1. The summed E-state index contributed by atoms with van der Waals surface area (Å²) in [6.45, 7) is 11.8. The average Bonchev–Trinajstić information content (AvgIpc) is 2.75. The van der Waals surface area contributed by atoms with Crippen LogP contribution in [-0.2, 0) is 16.1 Å². The summed E-state index contributed by atoms with van der Waals surface area (Å²) in [5.41, 5.74) is 6.44. The number of fused-ring (bicyclic) bond motifs is 1. The minimum absolute atomic E-state index is 0.0333. The normalized spacial score (nSPS) is 16.0. The molecule has 3 N–H and O–H groups in total. The van der Waals surface area contributed by atoms with Gasteiger partial charge in [0, 0.05) is 38.0 Å². The van der Waals surface area contributed by atoms with Crippen LogP contribution in [0.25, 0.3) is 10.9 Å². The molecule has 1 aromatic heterocycles. The molecule has 0 saturated carbocycles. The minimum atomic E-state index is -0.512. The number of primary amides is 1. The zero-order valence-corrected chi connectivity index (χ0v) is 19.7. The average molecular weight is 441 g/mol. The number of nitrogens with zero attached hydrogens (tertiary/aromatic N) is 4. The Morgan fingerprint density at radius 3 is 2.38 bits per heavy atom. The lowest BCUT2D eigenvalue weighted by molar-refractivity contribution is -0.133. The van der Waals surface area contributed by atoms with Crippen molar-refractivity contribution in [2.45, 2.75) is 53.1 Å². The summed E-state index contributed by atoms with van der Waals surface area (Å²) in [6.07, 6.45) is 1.56. The maximum Gasteiger partial charge on any atom is 0.240 e. The fraction of sp³-hybridized carbons (Fsp3) is 0.583. The number of amides is 2. The summed E-state index contributed by atoms with van der Waals surface area (Å²) in [4.78, 5) is 38.1. The van der Waals surface area contributed by atoms with Crippen molar-refractivity contribution in [3.05, 3.63) is 30.1 Å². The summed E-state index contributed by atoms with van der Waals surface area (Å²) in [7, 11) is 0. The van der Waals surface area contributed by atoms with E-state index in [0.29, 0.717) is 30.5 Å². The number of aromatic nitrogens is 2. The van der Waals surface area contributed by atoms with Crippen LogP contribution in [0.4, 0.5) is 5.82 Å². The van der Waals surface area contributed by atoms with Gasteiger partial charge in [-0.1, -0.05) is 39.8 Å². The number of para-hydroxylation sites is 1. The van der Waals surface area contributed by atoms with Gasteiger partial charge in [0.2, 0.25) is 11.8 Å². The highest BCUT2D eigenvalue weighted by molar-refractivity contribution is 5.91. The summed E-state index contributed by atoms with van der Waals surface area (Å²) < 4.78 is 0. The number of hydrogen-bond donors (Lipinski definition) is 2. The second-order valence-corrected chi connectivity index (χ2v) is 9.36. The van der Waals surface area contributed by atoms with Gasteiger partial charge in [-0.3, -0.25) is 14.5 Å². The lowest BCUT2D eigenvalue weighted by Gasteiger charge is -2.34. The third-order valence-electron chi connectivity index (χ3n) is 5.94. The first-order chi connectivity index (χ1) is 15.2. The van der Waals surface area contributed by atoms with E-state index in [-0.39, 0.29) is 11.8 Å². The van der Waals surface area contributed by atoms with Gasteiger partial charge in [-0.05, 0) is 30.4 Å². The summed E-state index contributed by atoms with van der Waals surface area (Å²) in [5.74, 6) is 1.74. The molecule has 2 heterocycles. The predicted molar refractivity (Wildman–Crippen MR) is 127 cm³/mol. The molecule has 0 radical (unpaired) electrons. The van der Waals surface area contributed by atoms with Crippen LogP contribution in [0.15, 0.2) is 24.3 Å². The Kier molecular flexibility index (Phi) is 8.01. The van der Waals surface area contributed by atoms with E-state index in [2.05, 4.69) is 24.1 Å². The van der Waals surface area contributed by atoms with Gasteiger partial charge in [-0.25, -0.2) is 9.97 Å². The maximum atomic E-state index is 12.4. The van der Waals surface area contributed by atoms with Crippen molar-refractivity contribution >= 4 is 28.5 Å². The summed E-state index contributed by atoms with van der Waals surface area (Å²) in [6, 6.07) is 7.26. The van der Waals surface area contributed by atoms with Crippen molar-refractivity contribution in [2.24, 2.45) is 17.6 Å². The van der Waals surface area contributed by atoms with E-state index >= 15 is 0 Å². The highest BCUT2D eigenvalue weighted by atomic mass is 16.2. The van der Waals surface area contributed by atoms with Gasteiger partial charge in [0.05, 0.1) is 12.1 Å². The molecule has 8 heteroatoms. The Labute approximate surface area is 190 Å². The number of carbonyl (C=O) groups excluding carboxylic acids is 2. The van der Waals surface area contributed by atoms with E-state index < -0.39 is 11.9 Å². The van der Waals surface area contributed by atoms with Crippen LogP contribution in [0.5, 0.6) is 0 Å². The Hall–Kier alpha value is -2.74. The molecule has 174 valence electrons. The van der Waals surface area contributed by atoms with E-state index in [1.165, 1.54) is 0 Å². The minimum Gasteiger partial charge on any atom is -0.368 e. The lowest BCUT2D eigenvalue weighted by Crippen LogP contribution is -2.48. The van der Waals surface area contributed by atoms with Crippen molar-refractivity contribution in [1.82, 2.24) is 19.8 Å². The number of piperazine rings is 1. The van der Waals surface area contributed by atoms with Crippen molar-refractivity contribution in [2.75, 3.05) is 31.5 Å². The molecule has 1 aromatic carbocycles. The zero-order chi connectivity index (χ0) is 23.3. The van der Waals surface area contributed by atoms with Crippen LogP contribution in [0.3, 0.4) is 0 Å². The number of nitrogens with two attached hydrogens (primary N) is 1. The molecular weight excluding hydrogens is 404 g/mol. The van der Waals surface area contributed by atoms with E-state index in [4.69, 9.17) is 15.7 Å². The molecule has 1 saturated heterocycles. The maximum absolute atomic E-state index is 12.4. The molecule has 32 heavy (non-hydrogen) atoms. The van der Waals surface area contributed by atoms with Crippen LogP contribution >= 0.6 is 0 Å². The topological polar surface area (TPSA) is 104 Å². The van der Waals surface area contributed by atoms with Gasteiger partial charge < -0.3 is 16.0 Å². The molecule has 1 aliphatic heterocycles. The Balaban J connectivity index is 1.70. The van der Waals surface area contributed by atoms with Crippen molar-refractivity contribution < 1.29 is 9.59 Å². The molecule has 0 aliphatic carbocycles. The number of benzene rings is 1. The number of rotatable bonds is 9. The molecule has 1 aliphatic rings. The first kappa shape index (κ1) is 23.9. The van der Waals surface area contributed by atoms with Crippen LogP contribution in [0.2, 0.25) is 0 Å². The Bertz CT molecular complexity index is 937. The molecular formula is C24H36N6O2.